The molecule has 5 fully saturated rings. The van der Waals surface area contributed by atoms with Crippen LogP contribution in [-0.4, -0.2) is 48.6 Å². The van der Waals surface area contributed by atoms with Gasteiger partial charge in [-0.05, 0) is 79.4 Å². The molecule has 2 amide bonds. The number of carbonyl (C=O) groups excluding carboxylic acids is 1. The van der Waals surface area contributed by atoms with Gasteiger partial charge in [-0.25, -0.2) is 4.79 Å². The van der Waals surface area contributed by atoms with E-state index >= 15 is 0 Å². The molecule has 1 aromatic rings. The van der Waals surface area contributed by atoms with E-state index in [1.54, 1.807) is 0 Å². The fourth-order valence-electron chi connectivity index (χ4n) is 6.93. The third kappa shape index (κ3) is 4.00. The number of rotatable bonds is 4. The van der Waals surface area contributed by atoms with Crippen molar-refractivity contribution in [1.29, 1.82) is 5.26 Å². The molecule has 4 saturated carbocycles. The van der Waals surface area contributed by atoms with Crippen LogP contribution in [-0.2, 0) is 6.54 Å². The summed E-state index contributed by atoms with van der Waals surface area (Å²) < 4.78 is 0. The maximum atomic E-state index is 12.8. The van der Waals surface area contributed by atoms with Crippen molar-refractivity contribution in [3.05, 3.63) is 35.4 Å². The molecule has 1 heterocycles. The van der Waals surface area contributed by atoms with E-state index in [4.69, 9.17) is 5.26 Å². The van der Waals surface area contributed by atoms with Crippen LogP contribution in [0, 0.1) is 34.5 Å². The summed E-state index contributed by atoms with van der Waals surface area (Å²) in [6, 6.07) is 10.1. The number of benzene rings is 1. The highest BCUT2D eigenvalue weighted by molar-refractivity contribution is 5.74. The molecule has 4 aliphatic carbocycles. The fraction of sp³-hybridized carbons (Fsp3) is 0.667. The third-order valence-corrected chi connectivity index (χ3v) is 7.93. The monoisotopic (exact) mass is 392 g/mol. The first-order valence-electron chi connectivity index (χ1n) is 11.3. The summed E-state index contributed by atoms with van der Waals surface area (Å²) in [4.78, 5) is 17.2. The number of nitrogens with zero attached hydrogens (tertiary/aromatic N) is 3. The van der Waals surface area contributed by atoms with Gasteiger partial charge in [-0.2, -0.15) is 5.26 Å². The van der Waals surface area contributed by atoms with Crippen LogP contribution in [0.1, 0.15) is 49.7 Å². The van der Waals surface area contributed by atoms with Gasteiger partial charge in [0.15, 0.2) is 0 Å². The lowest BCUT2D eigenvalue weighted by Gasteiger charge is -2.57. The molecule has 0 atom stereocenters. The van der Waals surface area contributed by atoms with Gasteiger partial charge in [0.05, 0.1) is 11.6 Å². The van der Waals surface area contributed by atoms with Crippen molar-refractivity contribution in [3.63, 3.8) is 0 Å². The molecule has 4 bridgehead atoms. The maximum Gasteiger partial charge on any atom is 0.317 e. The SMILES string of the molecule is N#Cc1ccc(CN2CCN(C(=O)NCC34CC5CC(CC(C5)C3)C4)CC2)cc1. The number of nitriles is 1. The Labute approximate surface area is 174 Å². The molecule has 5 aliphatic rings. The molecule has 154 valence electrons. The van der Waals surface area contributed by atoms with Gasteiger partial charge in [-0.1, -0.05) is 12.1 Å². The zero-order chi connectivity index (χ0) is 19.8. The first kappa shape index (κ1) is 18.9. The lowest BCUT2D eigenvalue weighted by Crippen LogP contribution is -2.55. The number of hydrogen-bond acceptors (Lipinski definition) is 3. The van der Waals surface area contributed by atoms with Gasteiger partial charge in [0, 0.05) is 39.3 Å². The number of nitrogens with one attached hydrogen (secondary N) is 1. The van der Waals surface area contributed by atoms with Crippen LogP contribution in [0.5, 0.6) is 0 Å². The van der Waals surface area contributed by atoms with Crippen LogP contribution >= 0.6 is 0 Å². The van der Waals surface area contributed by atoms with Gasteiger partial charge in [-0.3, -0.25) is 4.90 Å². The zero-order valence-corrected chi connectivity index (χ0v) is 17.3. The zero-order valence-electron chi connectivity index (χ0n) is 17.3. The fourth-order valence-corrected chi connectivity index (χ4v) is 6.93. The molecule has 0 spiro atoms. The number of carbonyl (C=O) groups is 1. The molecule has 1 saturated heterocycles. The Kier molecular flexibility index (Phi) is 4.99. The highest BCUT2D eigenvalue weighted by Crippen LogP contribution is 2.59. The molecule has 1 N–H and O–H groups in total. The molecule has 5 nitrogen and oxygen atoms in total. The predicted molar refractivity (Wildman–Crippen MR) is 112 cm³/mol. The Morgan fingerprint density at radius 3 is 2.14 bits per heavy atom. The van der Waals surface area contributed by atoms with E-state index in [0.717, 1.165) is 57.0 Å². The molecule has 1 aliphatic heterocycles. The van der Waals surface area contributed by atoms with Gasteiger partial charge in [-0.15, -0.1) is 0 Å². The molecule has 0 radical (unpaired) electrons. The van der Waals surface area contributed by atoms with Crippen LogP contribution < -0.4 is 5.32 Å². The highest BCUT2D eigenvalue weighted by atomic mass is 16.2. The first-order chi connectivity index (χ1) is 14.1. The van der Waals surface area contributed by atoms with Crippen LogP contribution in [0.4, 0.5) is 4.79 Å². The summed E-state index contributed by atoms with van der Waals surface area (Å²) >= 11 is 0. The molecule has 0 unspecified atom stereocenters. The lowest BCUT2D eigenvalue weighted by molar-refractivity contribution is -0.0503. The quantitative estimate of drug-likeness (QED) is 0.852. The Hall–Kier alpha value is -2.06. The van der Waals surface area contributed by atoms with E-state index in [0.29, 0.717) is 11.0 Å². The average Bonchev–Trinajstić information content (AvgIpc) is 2.72. The highest BCUT2D eigenvalue weighted by Gasteiger charge is 2.50. The van der Waals surface area contributed by atoms with Gasteiger partial charge in [0.1, 0.15) is 0 Å². The van der Waals surface area contributed by atoms with Crippen molar-refractivity contribution >= 4 is 6.03 Å². The second-order valence-electron chi connectivity index (χ2n) is 10.1. The summed E-state index contributed by atoms with van der Waals surface area (Å²) in [7, 11) is 0. The summed E-state index contributed by atoms with van der Waals surface area (Å²) in [5.74, 6) is 2.80. The van der Waals surface area contributed by atoms with Crippen LogP contribution in [0.25, 0.3) is 0 Å². The van der Waals surface area contributed by atoms with Crippen molar-refractivity contribution in [2.75, 3.05) is 32.7 Å². The van der Waals surface area contributed by atoms with Crippen molar-refractivity contribution in [2.24, 2.45) is 23.2 Å². The molecule has 6 rings (SSSR count). The van der Waals surface area contributed by atoms with Crippen molar-refractivity contribution < 1.29 is 4.79 Å². The molecule has 29 heavy (non-hydrogen) atoms. The normalized spacial score (nSPS) is 33.5. The molecule has 0 aromatic heterocycles. The number of urea groups is 1. The van der Waals surface area contributed by atoms with E-state index in [1.165, 1.54) is 44.1 Å². The number of amides is 2. The van der Waals surface area contributed by atoms with E-state index in [9.17, 15) is 4.79 Å². The second-order valence-corrected chi connectivity index (χ2v) is 10.1. The molecular formula is C24H32N4O. The Bertz CT molecular complexity index is 753. The van der Waals surface area contributed by atoms with E-state index < -0.39 is 0 Å². The Morgan fingerprint density at radius 1 is 1.00 bits per heavy atom. The van der Waals surface area contributed by atoms with Crippen molar-refractivity contribution in [3.8, 4) is 6.07 Å². The molecular weight excluding hydrogens is 360 g/mol. The average molecular weight is 393 g/mol. The maximum absolute atomic E-state index is 12.8. The van der Waals surface area contributed by atoms with Gasteiger partial charge in [0.2, 0.25) is 0 Å². The first-order valence-corrected chi connectivity index (χ1v) is 11.3. The third-order valence-electron chi connectivity index (χ3n) is 7.93. The van der Waals surface area contributed by atoms with Gasteiger partial charge < -0.3 is 10.2 Å². The smallest absolute Gasteiger partial charge is 0.317 e. The van der Waals surface area contributed by atoms with E-state index in [2.05, 4.69) is 16.3 Å². The summed E-state index contributed by atoms with van der Waals surface area (Å²) in [5.41, 5.74) is 2.33. The lowest BCUT2D eigenvalue weighted by atomic mass is 9.49. The van der Waals surface area contributed by atoms with E-state index in [-0.39, 0.29) is 6.03 Å². The number of piperazine rings is 1. The summed E-state index contributed by atoms with van der Waals surface area (Å²) in [6.07, 6.45) is 8.39. The van der Waals surface area contributed by atoms with Crippen LogP contribution in [0.3, 0.4) is 0 Å². The van der Waals surface area contributed by atoms with E-state index in [1.807, 2.05) is 29.2 Å². The standard InChI is InChI=1S/C24H32N4O/c25-15-18-1-3-19(4-2-18)16-27-5-7-28(8-6-27)23(29)26-17-24-12-20-9-21(13-24)11-22(10-20)14-24/h1-4,20-22H,5-14,16-17H2,(H,26,29). The van der Waals surface area contributed by atoms with Gasteiger partial charge in [0.25, 0.3) is 0 Å². The Morgan fingerprint density at radius 2 is 1.59 bits per heavy atom. The molecule has 5 heteroatoms. The van der Waals surface area contributed by atoms with Crippen LogP contribution in [0.15, 0.2) is 24.3 Å². The molecule has 1 aromatic carbocycles. The van der Waals surface area contributed by atoms with Crippen molar-refractivity contribution in [2.45, 2.75) is 45.1 Å². The summed E-state index contributed by atoms with van der Waals surface area (Å²) in [5, 5.41) is 12.2. The van der Waals surface area contributed by atoms with Crippen molar-refractivity contribution in [1.82, 2.24) is 15.1 Å². The minimum absolute atomic E-state index is 0.138. The second kappa shape index (κ2) is 7.65. The predicted octanol–water partition coefficient (Wildman–Crippen LogP) is 3.60. The summed E-state index contributed by atoms with van der Waals surface area (Å²) in [6.45, 7) is 5.18. The number of hydrogen-bond donors (Lipinski definition) is 1. The minimum atomic E-state index is 0.138. The Balaban J connectivity index is 1.09. The van der Waals surface area contributed by atoms with Gasteiger partial charge >= 0.3 is 6.03 Å². The topological polar surface area (TPSA) is 59.4 Å². The largest absolute Gasteiger partial charge is 0.337 e. The van der Waals surface area contributed by atoms with Crippen LogP contribution in [0.2, 0.25) is 0 Å². The minimum Gasteiger partial charge on any atom is -0.337 e.